The van der Waals surface area contributed by atoms with Crippen molar-refractivity contribution in [3.8, 4) is 0 Å². The van der Waals surface area contributed by atoms with E-state index in [9.17, 15) is 4.39 Å². The fraction of sp³-hybridized carbons (Fsp3) is 0.692. The van der Waals surface area contributed by atoms with Crippen LogP contribution in [0.1, 0.15) is 0 Å². The molecule has 7 heteroatoms. The average Bonchev–Trinajstić information content (AvgIpc) is 2.46. The van der Waals surface area contributed by atoms with E-state index in [1.807, 2.05) is 4.90 Å². The molecule has 0 amide bonds. The number of hydrogen-bond donors (Lipinski definition) is 1. The van der Waals surface area contributed by atoms with E-state index < -0.39 is 0 Å². The van der Waals surface area contributed by atoms with Gasteiger partial charge in [0, 0.05) is 46.3 Å². The third-order valence-corrected chi connectivity index (χ3v) is 3.48. The molecule has 2 rings (SSSR count). The lowest BCUT2D eigenvalue weighted by molar-refractivity contribution is 0.228. The summed E-state index contributed by atoms with van der Waals surface area (Å²) in [7, 11) is 5.88. The Labute approximate surface area is 119 Å². The zero-order chi connectivity index (χ0) is 14.5. The highest BCUT2D eigenvalue weighted by Gasteiger charge is 2.21. The number of rotatable bonds is 5. The van der Waals surface area contributed by atoms with Crippen LogP contribution in [0.2, 0.25) is 0 Å². The van der Waals surface area contributed by atoms with Crippen molar-refractivity contribution >= 4 is 11.8 Å². The number of hydrogen-bond acceptors (Lipinski definition) is 6. The van der Waals surface area contributed by atoms with Crippen molar-refractivity contribution < 1.29 is 4.39 Å². The molecule has 0 aromatic carbocycles. The first-order valence-corrected chi connectivity index (χ1v) is 6.92. The van der Waals surface area contributed by atoms with E-state index in [4.69, 9.17) is 0 Å². The van der Waals surface area contributed by atoms with E-state index in [-0.39, 0.29) is 5.82 Å². The third-order valence-electron chi connectivity index (χ3n) is 3.48. The van der Waals surface area contributed by atoms with Gasteiger partial charge in [0.15, 0.2) is 11.6 Å². The van der Waals surface area contributed by atoms with Crippen molar-refractivity contribution in [2.24, 2.45) is 0 Å². The van der Waals surface area contributed by atoms with Crippen molar-refractivity contribution in [2.75, 3.05) is 70.6 Å². The van der Waals surface area contributed by atoms with Gasteiger partial charge in [-0.05, 0) is 14.1 Å². The minimum Gasteiger partial charge on any atom is -0.357 e. The maximum atomic E-state index is 13.8. The molecule has 0 unspecified atom stereocenters. The number of halogens is 1. The van der Waals surface area contributed by atoms with Gasteiger partial charge < -0.3 is 15.1 Å². The molecule has 6 nitrogen and oxygen atoms in total. The molecule has 2 heterocycles. The monoisotopic (exact) mass is 282 g/mol. The topological polar surface area (TPSA) is 47.5 Å². The highest BCUT2D eigenvalue weighted by Crippen LogP contribution is 2.18. The van der Waals surface area contributed by atoms with Gasteiger partial charge in [-0.2, -0.15) is 4.98 Å². The van der Waals surface area contributed by atoms with Crippen molar-refractivity contribution in [3.05, 3.63) is 12.0 Å². The van der Waals surface area contributed by atoms with E-state index in [2.05, 4.69) is 39.2 Å². The quantitative estimate of drug-likeness (QED) is 0.840. The van der Waals surface area contributed by atoms with Crippen LogP contribution in [0.4, 0.5) is 16.2 Å². The van der Waals surface area contributed by atoms with E-state index in [0.717, 1.165) is 39.3 Å². The first-order valence-electron chi connectivity index (χ1n) is 6.92. The van der Waals surface area contributed by atoms with Gasteiger partial charge in [-0.1, -0.05) is 0 Å². The summed E-state index contributed by atoms with van der Waals surface area (Å²) in [5.74, 6) is 0.499. The van der Waals surface area contributed by atoms with Crippen LogP contribution in [-0.2, 0) is 0 Å². The molecule has 0 radical (unpaired) electrons. The van der Waals surface area contributed by atoms with Crippen LogP contribution in [0.5, 0.6) is 0 Å². The van der Waals surface area contributed by atoms with Crippen molar-refractivity contribution in [2.45, 2.75) is 0 Å². The van der Waals surface area contributed by atoms with Crippen LogP contribution in [0.15, 0.2) is 6.20 Å². The molecule has 1 aromatic rings. The molecule has 1 aliphatic heterocycles. The zero-order valence-electron chi connectivity index (χ0n) is 12.4. The first kappa shape index (κ1) is 14.9. The molecule has 112 valence electrons. The Morgan fingerprint density at radius 3 is 2.60 bits per heavy atom. The van der Waals surface area contributed by atoms with Crippen LogP contribution in [0.3, 0.4) is 0 Å². The smallest absolute Gasteiger partial charge is 0.224 e. The Bertz CT molecular complexity index is 431. The Kier molecular flexibility index (Phi) is 5.08. The van der Waals surface area contributed by atoms with Gasteiger partial charge in [0.25, 0.3) is 0 Å². The molecule has 0 atom stereocenters. The molecule has 20 heavy (non-hydrogen) atoms. The number of nitrogens with one attached hydrogen (secondary N) is 1. The van der Waals surface area contributed by atoms with Gasteiger partial charge in [-0.3, -0.25) is 4.90 Å². The standard InChI is InChI=1S/C13H23FN6/c1-15-13-16-10-11(14)12(17-13)20-8-6-19(7-9-20)5-4-18(2)3/h10H,4-9H2,1-3H3,(H,15,16,17). The van der Waals surface area contributed by atoms with Gasteiger partial charge in [-0.25, -0.2) is 9.37 Å². The molecule has 1 saturated heterocycles. The summed E-state index contributed by atoms with van der Waals surface area (Å²) >= 11 is 0. The molecule has 0 spiro atoms. The normalized spacial score (nSPS) is 16.8. The maximum Gasteiger partial charge on any atom is 0.224 e. The summed E-state index contributed by atoms with van der Waals surface area (Å²) in [6.07, 6.45) is 1.23. The average molecular weight is 282 g/mol. The van der Waals surface area contributed by atoms with Crippen LogP contribution < -0.4 is 10.2 Å². The van der Waals surface area contributed by atoms with E-state index in [0.29, 0.717) is 11.8 Å². The summed E-state index contributed by atoms with van der Waals surface area (Å²) in [5.41, 5.74) is 0. The third kappa shape index (κ3) is 3.77. The van der Waals surface area contributed by atoms with Crippen LogP contribution in [-0.4, -0.2) is 80.2 Å². The molecule has 0 bridgehead atoms. The second-order valence-electron chi connectivity index (χ2n) is 5.25. The second kappa shape index (κ2) is 6.81. The molecule has 1 fully saturated rings. The highest BCUT2D eigenvalue weighted by molar-refractivity contribution is 5.44. The largest absolute Gasteiger partial charge is 0.357 e. The Morgan fingerprint density at radius 1 is 1.30 bits per heavy atom. The van der Waals surface area contributed by atoms with Crippen molar-refractivity contribution in [1.82, 2.24) is 19.8 Å². The molecular formula is C13H23FN6. The summed E-state index contributed by atoms with van der Waals surface area (Å²) in [6.45, 7) is 5.56. The molecule has 1 aromatic heterocycles. The minimum atomic E-state index is -0.356. The summed E-state index contributed by atoms with van der Waals surface area (Å²) in [5, 5.41) is 2.84. The van der Waals surface area contributed by atoms with Crippen LogP contribution >= 0.6 is 0 Å². The predicted molar refractivity (Wildman–Crippen MR) is 78.7 cm³/mol. The van der Waals surface area contributed by atoms with Crippen LogP contribution in [0.25, 0.3) is 0 Å². The summed E-state index contributed by atoms with van der Waals surface area (Å²) < 4.78 is 13.8. The number of piperazine rings is 1. The van der Waals surface area contributed by atoms with Gasteiger partial charge in [0.2, 0.25) is 5.95 Å². The van der Waals surface area contributed by atoms with Crippen LogP contribution in [0, 0.1) is 5.82 Å². The zero-order valence-corrected chi connectivity index (χ0v) is 12.4. The predicted octanol–water partition coefficient (Wildman–Crippen LogP) is 0.341. The Hall–Kier alpha value is -1.47. The van der Waals surface area contributed by atoms with Crippen molar-refractivity contribution in [3.63, 3.8) is 0 Å². The van der Waals surface area contributed by atoms with Crippen molar-refractivity contribution in [1.29, 1.82) is 0 Å². The fourth-order valence-electron chi connectivity index (χ4n) is 2.23. The molecular weight excluding hydrogens is 259 g/mol. The number of nitrogens with zero attached hydrogens (tertiary/aromatic N) is 5. The fourth-order valence-corrected chi connectivity index (χ4v) is 2.23. The molecule has 0 aliphatic carbocycles. The highest BCUT2D eigenvalue weighted by atomic mass is 19.1. The summed E-state index contributed by atoms with van der Waals surface area (Å²) in [6, 6.07) is 0. The first-order chi connectivity index (χ1) is 9.60. The lowest BCUT2D eigenvalue weighted by Crippen LogP contribution is -2.48. The van der Waals surface area contributed by atoms with E-state index in [1.165, 1.54) is 6.20 Å². The second-order valence-corrected chi connectivity index (χ2v) is 5.25. The van der Waals surface area contributed by atoms with Gasteiger partial charge >= 0.3 is 0 Å². The van der Waals surface area contributed by atoms with Gasteiger partial charge in [-0.15, -0.1) is 0 Å². The van der Waals surface area contributed by atoms with Gasteiger partial charge in [0.05, 0.1) is 6.20 Å². The van der Waals surface area contributed by atoms with Gasteiger partial charge in [0.1, 0.15) is 0 Å². The number of aromatic nitrogens is 2. The molecule has 1 aliphatic rings. The number of anilines is 2. The summed E-state index contributed by atoms with van der Waals surface area (Å²) in [4.78, 5) is 14.7. The lowest BCUT2D eigenvalue weighted by Gasteiger charge is -2.35. The Balaban J connectivity index is 1.93. The van der Waals surface area contributed by atoms with E-state index in [1.54, 1.807) is 7.05 Å². The lowest BCUT2D eigenvalue weighted by atomic mass is 10.3. The maximum absolute atomic E-state index is 13.8. The number of likely N-dealkylation sites (N-methyl/N-ethyl adjacent to an activating group) is 1. The molecule has 1 N–H and O–H groups in total. The minimum absolute atomic E-state index is 0.356. The molecule has 0 saturated carbocycles. The SMILES string of the molecule is CNc1ncc(F)c(N2CCN(CCN(C)C)CC2)n1. The van der Waals surface area contributed by atoms with E-state index >= 15 is 0 Å². The Morgan fingerprint density at radius 2 is 2.00 bits per heavy atom.